The minimum atomic E-state index is 0.688. The number of hydrogen-bond acceptors (Lipinski definition) is 1. The van der Waals surface area contributed by atoms with Gasteiger partial charge in [-0.1, -0.05) is 41.4 Å². The zero-order valence-corrected chi connectivity index (χ0v) is 10.9. The maximum atomic E-state index is 6.11. The SMILES string of the molecule is Cc1ccc(Cc2cn3cccc(Cl)c3n2)cc1. The maximum absolute atomic E-state index is 6.11. The Balaban J connectivity index is 1.95. The summed E-state index contributed by atoms with van der Waals surface area (Å²) in [5.41, 5.74) is 4.39. The van der Waals surface area contributed by atoms with Crippen molar-refractivity contribution in [3.63, 3.8) is 0 Å². The van der Waals surface area contributed by atoms with E-state index in [9.17, 15) is 0 Å². The standard InChI is InChI=1S/C15H13ClN2/c1-11-4-6-12(7-5-11)9-13-10-18-8-2-3-14(16)15(18)17-13/h2-8,10H,9H2,1H3. The fourth-order valence-electron chi connectivity index (χ4n) is 2.03. The van der Waals surface area contributed by atoms with Crippen LogP contribution in [-0.2, 0) is 6.42 Å². The molecule has 0 unspecified atom stereocenters. The topological polar surface area (TPSA) is 17.3 Å². The molecule has 0 spiro atoms. The second-order valence-corrected chi connectivity index (χ2v) is 4.89. The molecule has 2 aromatic heterocycles. The summed E-state index contributed by atoms with van der Waals surface area (Å²) < 4.78 is 1.96. The van der Waals surface area contributed by atoms with Crippen molar-refractivity contribution in [2.75, 3.05) is 0 Å². The minimum Gasteiger partial charge on any atom is -0.306 e. The van der Waals surface area contributed by atoms with Crippen LogP contribution in [0.25, 0.3) is 5.65 Å². The van der Waals surface area contributed by atoms with Gasteiger partial charge in [-0.3, -0.25) is 0 Å². The van der Waals surface area contributed by atoms with Crippen molar-refractivity contribution in [3.8, 4) is 0 Å². The largest absolute Gasteiger partial charge is 0.306 e. The van der Waals surface area contributed by atoms with Crippen molar-refractivity contribution in [1.82, 2.24) is 9.38 Å². The Morgan fingerprint density at radius 3 is 2.67 bits per heavy atom. The second-order valence-electron chi connectivity index (χ2n) is 4.48. The number of halogens is 1. The van der Waals surface area contributed by atoms with Crippen LogP contribution in [0.2, 0.25) is 5.02 Å². The molecule has 0 radical (unpaired) electrons. The van der Waals surface area contributed by atoms with E-state index in [0.717, 1.165) is 17.8 Å². The van der Waals surface area contributed by atoms with Gasteiger partial charge in [0, 0.05) is 18.8 Å². The third-order valence-electron chi connectivity index (χ3n) is 2.99. The molecule has 0 saturated carbocycles. The zero-order valence-electron chi connectivity index (χ0n) is 10.1. The van der Waals surface area contributed by atoms with Crippen LogP contribution in [0.4, 0.5) is 0 Å². The number of rotatable bonds is 2. The summed E-state index contributed by atoms with van der Waals surface area (Å²) in [6.45, 7) is 2.09. The van der Waals surface area contributed by atoms with Gasteiger partial charge in [0.1, 0.15) is 0 Å². The van der Waals surface area contributed by atoms with Gasteiger partial charge in [0.2, 0.25) is 0 Å². The molecule has 90 valence electrons. The van der Waals surface area contributed by atoms with Gasteiger partial charge in [-0.15, -0.1) is 0 Å². The number of imidazole rings is 1. The van der Waals surface area contributed by atoms with Gasteiger partial charge in [-0.25, -0.2) is 4.98 Å². The molecule has 3 rings (SSSR count). The van der Waals surface area contributed by atoms with Gasteiger partial charge in [-0.2, -0.15) is 0 Å². The Morgan fingerprint density at radius 2 is 1.94 bits per heavy atom. The monoisotopic (exact) mass is 256 g/mol. The summed E-state index contributed by atoms with van der Waals surface area (Å²) in [7, 11) is 0. The highest BCUT2D eigenvalue weighted by Crippen LogP contribution is 2.17. The van der Waals surface area contributed by atoms with E-state index in [2.05, 4.69) is 36.2 Å². The molecule has 0 aliphatic carbocycles. The lowest BCUT2D eigenvalue weighted by Crippen LogP contribution is -1.87. The lowest BCUT2D eigenvalue weighted by atomic mass is 10.1. The number of aryl methyl sites for hydroxylation is 1. The average molecular weight is 257 g/mol. The molecule has 0 amide bonds. The number of nitrogens with zero attached hydrogens (tertiary/aromatic N) is 2. The van der Waals surface area contributed by atoms with Gasteiger partial charge < -0.3 is 4.40 Å². The second kappa shape index (κ2) is 4.46. The highest BCUT2D eigenvalue weighted by atomic mass is 35.5. The summed E-state index contributed by atoms with van der Waals surface area (Å²) >= 11 is 6.11. The fourth-order valence-corrected chi connectivity index (χ4v) is 2.24. The van der Waals surface area contributed by atoms with Crippen LogP contribution in [0.1, 0.15) is 16.8 Å². The van der Waals surface area contributed by atoms with Crippen LogP contribution in [0.5, 0.6) is 0 Å². The van der Waals surface area contributed by atoms with Crippen molar-refractivity contribution >= 4 is 17.2 Å². The number of hydrogen-bond donors (Lipinski definition) is 0. The van der Waals surface area contributed by atoms with Gasteiger partial charge >= 0.3 is 0 Å². The first-order valence-electron chi connectivity index (χ1n) is 5.90. The molecular formula is C15H13ClN2. The number of pyridine rings is 1. The molecule has 0 aliphatic rings. The Bertz CT molecular complexity index is 683. The normalized spacial score (nSPS) is 11.0. The molecule has 0 N–H and O–H groups in total. The smallest absolute Gasteiger partial charge is 0.155 e. The summed E-state index contributed by atoms with van der Waals surface area (Å²) in [6, 6.07) is 12.3. The summed E-state index contributed by atoms with van der Waals surface area (Å²) in [5.74, 6) is 0. The Hall–Kier alpha value is -1.80. The molecule has 0 saturated heterocycles. The van der Waals surface area contributed by atoms with Gasteiger partial charge in [0.05, 0.1) is 10.7 Å². The van der Waals surface area contributed by atoms with E-state index >= 15 is 0 Å². The molecule has 3 aromatic rings. The Morgan fingerprint density at radius 1 is 1.17 bits per heavy atom. The third-order valence-corrected chi connectivity index (χ3v) is 3.29. The van der Waals surface area contributed by atoms with E-state index in [1.807, 2.05) is 28.9 Å². The maximum Gasteiger partial charge on any atom is 0.155 e. The Kier molecular flexibility index (Phi) is 2.80. The molecule has 18 heavy (non-hydrogen) atoms. The van der Waals surface area contributed by atoms with E-state index in [1.54, 1.807) is 0 Å². The van der Waals surface area contributed by atoms with Crippen LogP contribution in [0.3, 0.4) is 0 Å². The average Bonchev–Trinajstić information content (AvgIpc) is 2.76. The summed E-state index contributed by atoms with van der Waals surface area (Å²) in [5, 5.41) is 0.688. The molecule has 1 aromatic carbocycles. The minimum absolute atomic E-state index is 0.688. The third kappa shape index (κ3) is 2.12. The quantitative estimate of drug-likeness (QED) is 0.680. The van der Waals surface area contributed by atoms with Gasteiger partial charge in [0.25, 0.3) is 0 Å². The zero-order chi connectivity index (χ0) is 12.5. The van der Waals surface area contributed by atoms with Crippen molar-refractivity contribution in [2.24, 2.45) is 0 Å². The molecule has 2 heterocycles. The first-order valence-corrected chi connectivity index (χ1v) is 6.28. The van der Waals surface area contributed by atoms with Gasteiger partial charge in [0.15, 0.2) is 5.65 Å². The molecule has 0 bridgehead atoms. The molecule has 3 heteroatoms. The molecule has 2 nitrogen and oxygen atoms in total. The van der Waals surface area contributed by atoms with E-state index in [0.29, 0.717) is 5.02 Å². The number of fused-ring (bicyclic) bond motifs is 1. The van der Waals surface area contributed by atoms with Crippen molar-refractivity contribution in [2.45, 2.75) is 13.3 Å². The summed E-state index contributed by atoms with van der Waals surface area (Å²) in [6.07, 6.45) is 4.83. The van der Waals surface area contributed by atoms with Crippen molar-refractivity contribution in [1.29, 1.82) is 0 Å². The van der Waals surface area contributed by atoms with E-state index in [4.69, 9.17) is 11.6 Å². The summed E-state index contributed by atoms with van der Waals surface area (Å²) in [4.78, 5) is 4.56. The van der Waals surface area contributed by atoms with Crippen molar-refractivity contribution < 1.29 is 0 Å². The van der Waals surface area contributed by atoms with E-state index < -0.39 is 0 Å². The van der Waals surface area contributed by atoms with Gasteiger partial charge in [-0.05, 0) is 24.6 Å². The number of benzene rings is 1. The predicted octanol–water partition coefficient (Wildman–Crippen LogP) is 3.89. The van der Waals surface area contributed by atoms with Crippen LogP contribution >= 0.6 is 11.6 Å². The number of aromatic nitrogens is 2. The highest BCUT2D eigenvalue weighted by molar-refractivity contribution is 6.33. The van der Waals surface area contributed by atoms with Crippen LogP contribution in [0, 0.1) is 6.92 Å². The van der Waals surface area contributed by atoms with E-state index in [1.165, 1.54) is 11.1 Å². The van der Waals surface area contributed by atoms with Crippen LogP contribution in [-0.4, -0.2) is 9.38 Å². The lowest BCUT2D eigenvalue weighted by Gasteiger charge is -1.98. The van der Waals surface area contributed by atoms with E-state index in [-0.39, 0.29) is 0 Å². The van der Waals surface area contributed by atoms with Crippen LogP contribution < -0.4 is 0 Å². The first kappa shape index (κ1) is 11.3. The fraction of sp³-hybridized carbons (Fsp3) is 0.133. The molecule has 0 atom stereocenters. The van der Waals surface area contributed by atoms with Crippen molar-refractivity contribution in [3.05, 3.63) is 70.6 Å². The lowest BCUT2D eigenvalue weighted by molar-refractivity contribution is 1.11. The predicted molar refractivity (Wildman–Crippen MR) is 74.2 cm³/mol. The molecule has 0 aliphatic heterocycles. The highest BCUT2D eigenvalue weighted by Gasteiger charge is 2.05. The Labute approximate surface area is 111 Å². The molecular weight excluding hydrogens is 244 g/mol. The molecule has 0 fully saturated rings. The van der Waals surface area contributed by atoms with Crippen LogP contribution in [0.15, 0.2) is 48.8 Å². The first-order chi connectivity index (χ1) is 8.72.